The van der Waals surface area contributed by atoms with Gasteiger partial charge in [0.2, 0.25) is 0 Å². The average molecular weight is 454 g/mol. The molecule has 0 aliphatic heterocycles. The summed E-state index contributed by atoms with van der Waals surface area (Å²) in [6, 6.07) is 24.1. The van der Waals surface area contributed by atoms with Crippen molar-refractivity contribution in [3.05, 3.63) is 106 Å². The number of nitrogens with zero attached hydrogens (tertiary/aromatic N) is 3. The Morgan fingerprint density at radius 2 is 1.56 bits per heavy atom. The van der Waals surface area contributed by atoms with Gasteiger partial charge in [0.05, 0.1) is 22.6 Å². The second-order valence-corrected chi connectivity index (χ2v) is 9.19. The fourth-order valence-electron chi connectivity index (χ4n) is 4.13. The number of hydrogen-bond donors (Lipinski definition) is 0. The number of rotatable bonds is 7. The molecule has 1 unspecified atom stereocenters. The molecule has 0 fully saturated rings. The van der Waals surface area contributed by atoms with Crippen molar-refractivity contribution < 1.29 is 4.79 Å². The maximum Gasteiger partial charge on any atom is 0.266 e. The zero-order valence-electron chi connectivity index (χ0n) is 20.2. The van der Waals surface area contributed by atoms with E-state index in [0.717, 1.165) is 17.7 Å². The highest BCUT2D eigenvalue weighted by Gasteiger charge is 2.27. The molecule has 3 aromatic carbocycles. The predicted molar refractivity (Wildman–Crippen MR) is 137 cm³/mol. The minimum absolute atomic E-state index is 0.0600. The second-order valence-electron chi connectivity index (χ2n) is 9.19. The van der Waals surface area contributed by atoms with Crippen molar-refractivity contribution >= 4 is 16.8 Å². The SMILES string of the molecule is Cc1ccc(C(=O)N(CCC(C)C)C(C)c2nc3ccccc3c(=O)n2-c2ccccc2)cc1. The van der Waals surface area contributed by atoms with E-state index in [4.69, 9.17) is 4.98 Å². The smallest absolute Gasteiger partial charge is 0.266 e. The van der Waals surface area contributed by atoms with Crippen LogP contribution in [-0.4, -0.2) is 26.9 Å². The van der Waals surface area contributed by atoms with Crippen LogP contribution in [0.1, 0.15) is 55.0 Å². The van der Waals surface area contributed by atoms with Crippen LogP contribution in [0, 0.1) is 12.8 Å². The molecule has 0 radical (unpaired) electrons. The van der Waals surface area contributed by atoms with Gasteiger partial charge < -0.3 is 4.90 Å². The van der Waals surface area contributed by atoms with Crippen molar-refractivity contribution in [3.63, 3.8) is 0 Å². The van der Waals surface area contributed by atoms with Crippen LogP contribution in [0.4, 0.5) is 0 Å². The molecule has 0 saturated heterocycles. The van der Waals surface area contributed by atoms with E-state index >= 15 is 0 Å². The summed E-state index contributed by atoms with van der Waals surface area (Å²) >= 11 is 0. The predicted octanol–water partition coefficient (Wildman–Crippen LogP) is 5.94. The third-order valence-electron chi connectivity index (χ3n) is 6.16. The molecule has 34 heavy (non-hydrogen) atoms. The summed E-state index contributed by atoms with van der Waals surface area (Å²) in [7, 11) is 0. The van der Waals surface area contributed by atoms with Crippen LogP contribution in [-0.2, 0) is 0 Å². The highest BCUT2D eigenvalue weighted by Crippen LogP contribution is 2.25. The number of amides is 1. The van der Waals surface area contributed by atoms with Crippen LogP contribution in [0.2, 0.25) is 0 Å². The van der Waals surface area contributed by atoms with Crippen molar-refractivity contribution in [1.82, 2.24) is 14.5 Å². The Balaban J connectivity index is 1.88. The molecule has 5 heteroatoms. The van der Waals surface area contributed by atoms with Gasteiger partial charge in [0.1, 0.15) is 5.82 Å². The lowest BCUT2D eigenvalue weighted by Crippen LogP contribution is -2.38. The maximum absolute atomic E-state index is 13.7. The quantitative estimate of drug-likeness (QED) is 0.348. The van der Waals surface area contributed by atoms with Crippen molar-refractivity contribution in [1.29, 1.82) is 0 Å². The van der Waals surface area contributed by atoms with E-state index in [1.165, 1.54) is 0 Å². The first-order chi connectivity index (χ1) is 16.4. The van der Waals surface area contributed by atoms with Gasteiger partial charge in [0.15, 0.2) is 0 Å². The molecule has 1 aromatic heterocycles. The minimum atomic E-state index is -0.412. The molecule has 4 rings (SSSR count). The van der Waals surface area contributed by atoms with Gasteiger partial charge >= 0.3 is 0 Å². The summed E-state index contributed by atoms with van der Waals surface area (Å²) < 4.78 is 1.65. The summed E-state index contributed by atoms with van der Waals surface area (Å²) in [6.45, 7) is 8.83. The van der Waals surface area contributed by atoms with Crippen molar-refractivity contribution in [3.8, 4) is 5.69 Å². The Morgan fingerprint density at radius 3 is 2.24 bits per heavy atom. The molecule has 0 spiro atoms. The minimum Gasteiger partial charge on any atom is -0.329 e. The van der Waals surface area contributed by atoms with Crippen LogP contribution in [0.25, 0.3) is 16.6 Å². The van der Waals surface area contributed by atoms with Crippen LogP contribution in [0.5, 0.6) is 0 Å². The van der Waals surface area contributed by atoms with Gasteiger partial charge in [-0.25, -0.2) is 4.98 Å². The molecule has 0 bridgehead atoms. The normalized spacial score (nSPS) is 12.1. The zero-order valence-corrected chi connectivity index (χ0v) is 20.2. The lowest BCUT2D eigenvalue weighted by atomic mass is 10.1. The number of carbonyl (C=O) groups excluding carboxylic acids is 1. The molecule has 1 heterocycles. The number of fused-ring (bicyclic) bond motifs is 1. The highest BCUT2D eigenvalue weighted by molar-refractivity contribution is 5.94. The van der Waals surface area contributed by atoms with E-state index in [9.17, 15) is 9.59 Å². The number of hydrogen-bond acceptors (Lipinski definition) is 3. The van der Waals surface area contributed by atoms with Gasteiger partial charge in [0, 0.05) is 12.1 Å². The summed E-state index contributed by atoms with van der Waals surface area (Å²) in [5, 5.41) is 0.556. The topological polar surface area (TPSA) is 55.2 Å². The van der Waals surface area contributed by atoms with E-state index < -0.39 is 6.04 Å². The first-order valence-electron chi connectivity index (χ1n) is 11.8. The number of carbonyl (C=O) groups is 1. The molecular weight excluding hydrogens is 422 g/mol. The highest BCUT2D eigenvalue weighted by atomic mass is 16.2. The van der Waals surface area contributed by atoms with Crippen LogP contribution in [0.15, 0.2) is 83.7 Å². The molecule has 0 aliphatic carbocycles. The fraction of sp³-hybridized carbons (Fsp3) is 0.276. The second kappa shape index (κ2) is 10.0. The van der Waals surface area contributed by atoms with Gasteiger partial charge in [-0.05, 0) is 62.6 Å². The molecule has 0 aliphatic rings. The van der Waals surface area contributed by atoms with E-state index in [-0.39, 0.29) is 11.5 Å². The first kappa shape index (κ1) is 23.4. The number of benzene rings is 3. The Bertz CT molecular complexity index is 1340. The standard InChI is InChI=1S/C29H31N3O2/c1-20(2)18-19-31(28(33)23-16-14-21(3)15-17-23)22(4)27-30-26-13-9-8-12-25(26)29(34)32(27)24-10-6-5-7-11-24/h5-17,20,22H,18-19H2,1-4H3. The van der Waals surface area contributed by atoms with Crippen molar-refractivity contribution in [2.75, 3.05) is 6.54 Å². The summed E-state index contributed by atoms with van der Waals surface area (Å²) in [6.07, 6.45) is 0.852. The van der Waals surface area contributed by atoms with Gasteiger partial charge in [-0.3, -0.25) is 14.2 Å². The Labute approximate surface area is 200 Å². The zero-order chi connectivity index (χ0) is 24.2. The molecule has 0 saturated carbocycles. The van der Waals surface area contributed by atoms with E-state index in [1.807, 2.05) is 91.5 Å². The first-order valence-corrected chi connectivity index (χ1v) is 11.8. The maximum atomic E-state index is 13.7. The lowest BCUT2D eigenvalue weighted by molar-refractivity contribution is 0.0671. The third-order valence-corrected chi connectivity index (χ3v) is 6.16. The molecule has 4 aromatic rings. The molecule has 0 N–H and O–H groups in total. The molecule has 1 amide bonds. The van der Waals surface area contributed by atoms with Gasteiger partial charge in [-0.1, -0.05) is 61.9 Å². The number of aryl methyl sites for hydroxylation is 1. The van der Waals surface area contributed by atoms with Crippen molar-refractivity contribution in [2.45, 2.75) is 40.2 Å². The van der Waals surface area contributed by atoms with Crippen LogP contribution in [0.3, 0.4) is 0 Å². The van der Waals surface area contributed by atoms with E-state index in [2.05, 4.69) is 13.8 Å². The molecule has 174 valence electrons. The van der Waals surface area contributed by atoms with E-state index in [1.54, 1.807) is 10.6 Å². The van der Waals surface area contributed by atoms with E-state index in [0.29, 0.717) is 34.8 Å². The largest absolute Gasteiger partial charge is 0.329 e. The summed E-state index contributed by atoms with van der Waals surface area (Å²) in [4.78, 5) is 34.1. The monoisotopic (exact) mass is 453 g/mol. The lowest BCUT2D eigenvalue weighted by Gasteiger charge is -2.31. The molecule has 5 nitrogen and oxygen atoms in total. The van der Waals surface area contributed by atoms with Gasteiger partial charge in [-0.2, -0.15) is 0 Å². The fourth-order valence-corrected chi connectivity index (χ4v) is 4.13. The van der Waals surface area contributed by atoms with Crippen LogP contribution < -0.4 is 5.56 Å². The Morgan fingerprint density at radius 1 is 0.912 bits per heavy atom. The molecular formula is C29H31N3O2. The number of para-hydroxylation sites is 2. The molecule has 1 atom stereocenters. The summed E-state index contributed by atoms with van der Waals surface area (Å²) in [5.74, 6) is 0.927. The van der Waals surface area contributed by atoms with Gasteiger partial charge in [-0.15, -0.1) is 0 Å². The Hall–Kier alpha value is -3.73. The van der Waals surface area contributed by atoms with Crippen LogP contribution >= 0.6 is 0 Å². The van der Waals surface area contributed by atoms with Crippen molar-refractivity contribution in [2.24, 2.45) is 5.92 Å². The number of aromatic nitrogens is 2. The Kier molecular flexibility index (Phi) is 6.92. The van der Waals surface area contributed by atoms with Gasteiger partial charge in [0.25, 0.3) is 11.5 Å². The average Bonchev–Trinajstić information content (AvgIpc) is 2.84. The summed E-state index contributed by atoms with van der Waals surface area (Å²) in [5.41, 5.74) is 2.97. The third kappa shape index (κ3) is 4.79.